The van der Waals surface area contributed by atoms with E-state index in [1.54, 1.807) is 6.20 Å². The number of alkyl halides is 1. The Bertz CT molecular complexity index is 426. The highest BCUT2D eigenvalue weighted by molar-refractivity contribution is 14.1. The number of hydrogen-bond acceptors (Lipinski definition) is 1. The van der Waals surface area contributed by atoms with E-state index in [1.165, 1.54) is 9.13 Å². The predicted molar refractivity (Wildman–Crippen MR) is 68.9 cm³/mol. The van der Waals surface area contributed by atoms with Crippen LogP contribution in [-0.4, -0.2) is 9.78 Å². The molecule has 0 radical (unpaired) electrons. The van der Waals surface area contributed by atoms with Crippen molar-refractivity contribution in [2.45, 2.75) is 5.33 Å². The van der Waals surface area contributed by atoms with Crippen molar-refractivity contribution < 1.29 is 0 Å². The van der Waals surface area contributed by atoms with Crippen LogP contribution in [0.25, 0.3) is 5.69 Å². The normalized spacial score (nSPS) is 10.4. The van der Waals surface area contributed by atoms with Crippen LogP contribution in [0, 0.1) is 3.57 Å². The van der Waals surface area contributed by atoms with Gasteiger partial charge >= 0.3 is 0 Å². The third-order valence-corrected chi connectivity index (χ3v) is 3.21. The van der Waals surface area contributed by atoms with Crippen LogP contribution in [0.2, 0.25) is 0 Å². The molecule has 4 heteroatoms. The van der Waals surface area contributed by atoms with Gasteiger partial charge in [-0.3, -0.25) is 0 Å². The molecule has 0 fully saturated rings. The van der Waals surface area contributed by atoms with Crippen LogP contribution >= 0.6 is 38.5 Å². The largest absolute Gasteiger partial charge is 0.241 e. The summed E-state index contributed by atoms with van der Waals surface area (Å²) in [4.78, 5) is 0. The van der Waals surface area contributed by atoms with Crippen molar-refractivity contribution >= 4 is 38.5 Å². The van der Waals surface area contributed by atoms with Gasteiger partial charge in [-0.15, -0.1) is 0 Å². The first-order valence-corrected chi connectivity index (χ1v) is 6.35. The van der Waals surface area contributed by atoms with Gasteiger partial charge in [-0.2, -0.15) is 5.10 Å². The van der Waals surface area contributed by atoms with Gasteiger partial charge in [0.2, 0.25) is 0 Å². The van der Waals surface area contributed by atoms with Gasteiger partial charge in [-0.25, -0.2) is 4.68 Å². The second-order valence-electron chi connectivity index (χ2n) is 2.86. The van der Waals surface area contributed by atoms with E-state index in [0.29, 0.717) is 0 Å². The van der Waals surface area contributed by atoms with Gasteiger partial charge in [0.15, 0.2) is 0 Å². The minimum atomic E-state index is 0.846. The average Bonchev–Trinajstić information content (AvgIpc) is 2.70. The van der Waals surface area contributed by atoms with Crippen LogP contribution in [-0.2, 0) is 5.33 Å². The average molecular weight is 363 g/mol. The van der Waals surface area contributed by atoms with Crippen LogP contribution in [0.4, 0.5) is 0 Å². The third-order valence-electron chi connectivity index (χ3n) is 1.94. The lowest BCUT2D eigenvalue weighted by atomic mass is 10.2. The summed E-state index contributed by atoms with van der Waals surface area (Å²) in [5, 5.41) is 5.06. The number of aromatic nitrogens is 2. The Morgan fingerprint density at radius 3 is 2.93 bits per heavy atom. The fourth-order valence-electron chi connectivity index (χ4n) is 1.30. The summed E-state index contributed by atoms with van der Waals surface area (Å²) in [6.07, 6.45) is 3.74. The summed E-state index contributed by atoms with van der Waals surface area (Å²) >= 11 is 5.80. The molecule has 1 heterocycles. The molecule has 72 valence electrons. The van der Waals surface area contributed by atoms with E-state index in [1.807, 2.05) is 16.9 Å². The second kappa shape index (κ2) is 4.44. The lowest BCUT2D eigenvalue weighted by Crippen LogP contribution is -1.98. The summed E-state index contributed by atoms with van der Waals surface area (Å²) in [7, 11) is 0. The number of rotatable bonds is 2. The Hall–Kier alpha value is -0.360. The molecular formula is C10H8BrIN2. The molecule has 0 atom stereocenters. The summed E-state index contributed by atoms with van der Waals surface area (Å²) in [6, 6.07) is 8.26. The molecule has 0 N–H and O–H groups in total. The van der Waals surface area contributed by atoms with Crippen molar-refractivity contribution in [1.82, 2.24) is 9.78 Å². The van der Waals surface area contributed by atoms with Crippen molar-refractivity contribution in [3.63, 3.8) is 0 Å². The molecule has 2 rings (SSSR count). The Balaban J connectivity index is 2.53. The van der Waals surface area contributed by atoms with E-state index in [2.05, 4.69) is 61.8 Å². The molecule has 0 spiro atoms. The van der Waals surface area contributed by atoms with Crippen molar-refractivity contribution in [3.05, 3.63) is 45.8 Å². The van der Waals surface area contributed by atoms with E-state index in [-0.39, 0.29) is 0 Å². The van der Waals surface area contributed by atoms with E-state index in [9.17, 15) is 0 Å². The van der Waals surface area contributed by atoms with Crippen molar-refractivity contribution in [1.29, 1.82) is 0 Å². The highest BCUT2D eigenvalue weighted by atomic mass is 127. The number of benzene rings is 1. The summed E-state index contributed by atoms with van der Waals surface area (Å²) < 4.78 is 3.13. The summed E-state index contributed by atoms with van der Waals surface area (Å²) in [6.45, 7) is 0. The first kappa shape index (κ1) is 10.2. The van der Waals surface area contributed by atoms with Crippen LogP contribution in [0.3, 0.4) is 0 Å². The lowest BCUT2D eigenvalue weighted by molar-refractivity contribution is 0.871. The van der Waals surface area contributed by atoms with Crippen LogP contribution < -0.4 is 0 Å². The minimum absolute atomic E-state index is 0.846. The first-order valence-electron chi connectivity index (χ1n) is 4.15. The highest BCUT2D eigenvalue weighted by Crippen LogP contribution is 2.19. The molecule has 0 amide bonds. The highest BCUT2D eigenvalue weighted by Gasteiger charge is 2.03. The Morgan fingerprint density at radius 1 is 1.43 bits per heavy atom. The van der Waals surface area contributed by atoms with Crippen molar-refractivity contribution in [2.75, 3.05) is 0 Å². The van der Waals surface area contributed by atoms with Gasteiger partial charge in [0.05, 0.1) is 5.69 Å². The zero-order valence-electron chi connectivity index (χ0n) is 7.32. The lowest BCUT2D eigenvalue weighted by Gasteiger charge is -2.07. The molecule has 0 aliphatic carbocycles. The molecule has 0 aliphatic heterocycles. The van der Waals surface area contributed by atoms with E-state index in [4.69, 9.17) is 0 Å². The number of nitrogens with zero attached hydrogens (tertiary/aromatic N) is 2. The zero-order chi connectivity index (χ0) is 9.97. The molecule has 0 aliphatic rings. The molecule has 2 aromatic rings. The quantitative estimate of drug-likeness (QED) is 0.591. The number of halogens is 2. The van der Waals surface area contributed by atoms with Crippen LogP contribution in [0.15, 0.2) is 36.7 Å². The van der Waals surface area contributed by atoms with Gasteiger partial charge < -0.3 is 0 Å². The maximum absolute atomic E-state index is 4.22. The monoisotopic (exact) mass is 362 g/mol. The predicted octanol–water partition coefficient (Wildman–Crippen LogP) is 3.37. The van der Waals surface area contributed by atoms with Gasteiger partial charge in [0.1, 0.15) is 0 Å². The topological polar surface area (TPSA) is 17.8 Å². The molecule has 1 aromatic heterocycles. The maximum atomic E-state index is 4.22. The molecule has 14 heavy (non-hydrogen) atoms. The molecule has 1 aromatic carbocycles. The third kappa shape index (κ3) is 2.00. The summed E-state index contributed by atoms with van der Waals surface area (Å²) in [5.74, 6) is 0. The molecule has 0 bridgehead atoms. The first-order chi connectivity index (χ1) is 6.81. The van der Waals surface area contributed by atoms with E-state index in [0.717, 1.165) is 11.0 Å². The smallest absolute Gasteiger partial charge is 0.0686 e. The van der Waals surface area contributed by atoms with E-state index < -0.39 is 0 Å². The van der Waals surface area contributed by atoms with Crippen LogP contribution in [0.1, 0.15) is 5.56 Å². The molecule has 0 saturated carbocycles. The van der Waals surface area contributed by atoms with Gasteiger partial charge in [-0.05, 0) is 52.4 Å². The van der Waals surface area contributed by atoms with Gasteiger partial charge in [-0.1, -0.05) is 15.9 Å². The molecule has 0 unspecified atom stereocenters. The van der Waals surface area contributed by atoms with E-state index >= 15 is 0 Å². The fourth-order valence-corrected chi connectivity index (χ4v) is 2.30. The second-order valence-corrected chi connectivity index (χ2v) is 4.66. The van der Waals surface area contributed by atoms with Crippen molar-refractivity contribution in [3.8, 4) is 5.69 Å². The Labute approximate surface area is 105 Å². The standard InChI is InChI=1S/C10H8BrIN2/c11-7-8-6-9(12)2-3-10(8)14-5-1-4-13-14/h1-6H,7H2. The van der Waals surface area contributed by atoms with Gasteiger partial charge in [0, 0.05) is 21.3 Å². The Kier molecular flexibility index (Phi) is 3.22. The SMILES string of the molecule is BrCc1cc(I)ccc1-n1cccn1. The number of hydrogen-bond donors (Lipinski definition) is 0. The summed E-state index contributed by atoms with van der Waals surface area (Å²) in [5.41, 5.74) is 2.38. The zero-order valence-corrected chi connectivity index (χ0v) is 11.1. The maximum Gasteiger partial charge on any atom is 0.0686 e. The Morgan fingerprint density at radius 2 is 2.29 bits per heavy atom. The molecule has 2 nitrogen and oxygen atoms in total. The molecular weight excluding hydrogens is 355 g/mol. The van der Waals surface area contributed by atoms with Gasteiger partial charge in [0.25, 0.3) is 0 Å². The van der Waals surface area contributed by atoms with Crippen molar-refractivity contribution in [2.24, 2.45) is 0 Å². The van der Waals surface area contributed by atoms with Crippen LogP contribution in [0.5, 0.6) is 0 Å². The fraction of sp³-hybridized carbons (Fsp3) is 0.100. The minimum Gasteiger partial charge on any atom is -0.241 e. The molecule has 0 saturated heterocycles.